The van der Waals surface area contributed by atoms with Crippen molar-refractivity contribution in [2.24, 2.45) is 5.73 Å². The SMILES string of the molecule is CCN(CC)CCCN(CC)C1(CN)CCC1. The third-order valence-corrected chi connectivity index (χ3v) is 4.51. The highest BCUT2D eigenvalue weighted by molar-refractivity contribution is 4.98. The smallest absolute Gasteiger partial charge is 0.0331 e. The Morgan fingerprint density at radius 3 is 2.00 bits per heavy atom. The number of hydrogen-bond donors (Lipinski definition) is 1. The first-order valence-electron chi connectivity index (χ1n) is 7.39. The number of rotatable bonds is 9. The van der Waals surface area contributed by atoms with E-state index in [9.17, 15) is 0 Å². The molecule has 1 aliphatic carbocycles. The number of likely N-dealkylation sites (N-methyl/N-ethyl adjacent to an activating group) is 1. The van der Waals surface area contributed by atoms with Crippen LogP contribution >= 0.6 is 0 Å². The summed E-state index contributed by atoms with van der Waals surface area (Å²) in [5.41, 5.74) is 6.34. The first-order valence-corrected chi connectivity index (χ1v) is 7.39. The number of hydrogen-bond acceptors (Lipinski definition) is 3. The lowest BCUT2D eigenvalue weighted by atomic mass is 9.75. The summed E-state index contributed by atoms with van der Waals surface area (Å²) in [6.45, 7) is 13.5. The van der Waals surface area contributed by atoms with Gasteiger partial charge in [-0.3, -0.25) is 4.90 Å². The molecule has 0 aromatic heterocycles. The fourth-order valence-corrected chi connectivity index (χ4v) is 2.99. The highest BCUT2D eigenvalue weighted by Crippen LogP contribution is 2.36. The van der Waals surface area contributed by atoms with E-state index in [0.717, 1.165) is 13.1 Å². The van der Waals surface area contributed by atoms with Crippen LogP contribution in [0.3, 0.4) is 0 Å². The van der Waals surface area contributed by atoms with Gasteiger partial charge in [-0.25, -0.2) is 0 Å². The van der Waals surface area contributed by atoms with Gasteiger partial charge in [0.25, 0.3) is 0 Å². The fraction of sp³-hybridized carbons (Fsp3) is 1.00. The lowest BCUT2D eigenvalue weighted by Gasteiger charge is -2.50. The second-order valence-corrected chi connectivity index (χ2v) is 5.24. The van der Waals surface area contributed by atoms with E-state index in [-0.39, 0.29) is 0 Å². The summed E-state index contributed by atoms with van der Waals surface area (Å²) in [5.74, 6) is 0. The standard InChI is InChI=1S/C14H31N3/c1-4-16(5-2)11-8-12-17(6-3)14(13-15)9-7-10-14/h4-13,15H2,1-3H3. The Bertz CT molecular complexity index is 192. The van der Waals surface area contributed by atoms with Crippen molar-refractivity contribution in [3.8, 4) is 0 Å². The van der Waals surface area contributed by atoms with Crippen LogP contribution in [-0.2, 0) is 0 Å². The molecule has 1 rings (SSSR count). The molecule has 0 saturated heterocycles. The molecule has 0 amide bonds. The minimum absolute atomic E-state index is 0.359. The molecule has 102 valence electrons. The van der Waals surface area contributed by atoms with E-state index in [4.69, 9.17) is 5.73 Å². The lowest BCUT2D eigenvalue weighted by Crippen LogP contribution is -2.58. The van der Waals surface area contributed by atoms with Gasteiger partial charge in [0, 0.05) is 12.1 Å². The van der Waals surface area contributed by atoms with E-state index >= 15 is 0 Å². The zero-order valence-corrected chi connectivity index (χ0v) is 12.0. The van der Waals surface area contributed by atoms with Crippen molar-refractivity contribution < 1.29 is 0 Å². The van der Waals surface area contributed by atoms with Gasteiger partial charge in [0.05, 0.1) is 0 Å². The van der Waals surface area contributed by atoms with Gasteiger partial charge in [0.15, 0.2) is 0 Å². The van der Waals surface area contributed by atoms with E-state index in [1.165, 1.54) is 51.9 Å². The molecule has 0 aromatic rings. The predicted octanol–water partition coefficient (Wildman–Crippen LogP) is 1.92. The van der Waals surface area contributed by atoms with E-state index in [1.54, 1.807) is 0 Å². The van der Waals surface area contributed by atoms with Crippen molar-refractivity contribution in [1.29, 1.82) is 0 Å². The highest BCUT2D eigenvalue weighted by atomic mass is 15.2. The van der Waals surface area contributed by atoms with Crippen LogP contribution in [0, 0.1) is 0 Å². The molecule has 3 heteroatoms. The van der Waals surface area contributed by atoms with Crippen LogP contribution in [0.2, 0.25) is 0 Å². The molecule has 1 fully saturated rings. The molecule has 2 N–H and O–H groups in total. The molecular weight excluding hydrogens is 210 g/mol. The topological polar surface area (TPSA) is 32.5 Å². The van der Waals surface area contributed by atoms with E-state index < -0.39 is 0 Å². The van der Waals surface area contributed by atoms with Gasteiger partial charge in [-0.2, -0.15) is 0 Å². The molecule has 0 aromatic carbocycles. The Morgan fingerprint density at radius 2 is 1.65 bits per heavy atom. The molecule has 0 aliphatic heterocycles. The molecule has 0 bridgehead atoms. The zero-order valence-electron chi connectivity index (χ0n) is 12.0. The monoisotopic (exact) mass is 241 g/mol. The average Bonchev–Trinajstić information content (AvgIpc) is 2.31. The third kappa shape index (κ3) is 3.67. The first-order chi connectivity index (χ1) is 8.22. The average molecular weight is 241 g/mol. The first kappa shape index (κ1) is 14.9. The van der Waals surface area contributed by atoms with Crippen molar-refractivity contribution in [3.63, 3.8) is 0 Å². The third-order valence-electron chi connectivity index (χ3n) is 4.51. The predicted molar refractivity (Wildman–Crippen MR) is 75.3 cm³/mol. The summed E-state index contributed by atoms with van der Waals surface area (Å²) < 4.78 is 0. The van der Waals surface area contributed by atoms with Gasteiger partial charge in [-0.05, 0) is 58.4 Å². The quantitative estimate of drug-likeness (QED) is 0.669. The van der Waals surface area contributed by atoms with Crippen LogP contribution < -0.4 is 5.73 Å². The van der Waals surface area contributed by atoms with E-state index in [1.807, 2.05) is 0 Å². The van der Waals surface area contributed by atoms with Crippen molar-refractivity contribution in [2.45, 2.75) is 52.0 Å². The molecule has 1 saturated carbocycles. The van der Waals surface area contributed by atoms with Crippen molar-refractivity contribution >= 4 is 0 Å². The fourth-order valence-electron chi connectivity index (χ4n) is 2.99. The van der Waals surface area contributed by atoms with Crippen LogP contribution in [-0.4, -0.2) is 54.6 Å². The van der Waals surface area contributed by atoms with Gasteiger partial charge < -0.3 is 10.6 Å². The largest absolute Gasteiger partial charge is 0.329 e. The molecule has 17 heavy (non-hydrogen) atoms. The normalized spacial score (nSPS) is 18.7. The number of nitrogens with zero attached hydrogens (tertiary/aromatic N) is 2. The van der Waals surface area contributed by atoms with Gasteiger partial charge in [0.1, 0.15) is 0 Å². The van der Waals surface area contributed by atoms with Crippen LogP contribution in [0.5, 0.6) is 0 Å². The summed E-state index contributed by atoms with van der Waals surface area (Å²) in [7, 11) is 0. The van der Waals surface area contributed by atoms with Gasteiger partial charge in [-0.15, -0.1) is 0 Å². The second-order valence-electron chi connectivity index (χ2n) is 5.24. The van der Waals surface area contributed by atoms with Gasteiger partial charge >= 0.3 is 0 Å². The van der Waals surface area contributed by atoms with E-state index in [2.05, 4.69) is 30.6 Å². The Labute approximate surface area is 107 Å². The van der Waals surface area contributed by atoms with Crippen LogP contribution in [0.4, 0.5) is 0 Å². The Hall–Kier alpha value is -0.120. The summed E-state index contributed by atoms with van der Waals surface area (Å²) in [6.07, 6.45) is 5.26. The molecule has 1 aliphatic rings. The highest BCUT2D eigenvalue weighted by Gasteiger charge is 2.39. The second kappa shape index (κ2) is 7.34. The molecule has 0 atom stereocenters. The molecule has 0 unspecified atom stereocenters. The van der Waals surface area contributed by atoms with Crippen molar-refractivity contribution in [3.05, 3.63) is 0 Å². The maximum absolute atomic E-state index is 5.98. The molecular formula is C14H31N3. The number of nitrogens with two attached hydrogens (primary N) is 1. The van der Waals surface area contributed by atoms with Crippen LogP contribution in [0.1, 0.15) is 46.5 Å². The minimum atomic E-state index is 0.359. The molecule has 0 spiro atoms. The minimum Gasteiger partial charge on any atom is -0.329 e. The van der Waals surface area contributed by atoms with Crippen molar-refractivity contribution in [1.82, 2.24) is 9.80 Å². The van der Waals surface area contributed by atoms with Gasteiger partial charge in [0.2, 0.25) is 0 Å². The molecule has 0 radical (unpaired) electrons. The summed E-state index contributed by atoms with van der Waals surface area (Å²) >= 11 is 0. The Morgan fingerprint density at radius 1 is 1.00 bits per heavy atom. The van der Waals surface area contributed by atoms with Gasteiger partial charge in [-0.1, -0.05) is 20.8 Å². The lowest BCUT2D eigenvalue weighted by molar-refractivity contribution is 0.0248. The Kier molecular flexibility index (Phi) is 6.45. The zero-order chi connectivity index (χ0) is 12.7. The summed E-state index contributed by atoms with van der Waals surface area (Å²) in [5, 5.41) is 0. The van der Waals surface area contributed by atoms with Crippen LogP contribution in [0.15, 0.2) is 0 Å². The summed E-state index contributed by atoms with van der Waals surface area (Å²) in [6, 6.07) is 0. The molecule has 3 nitrogen and oxygen atoms in total. The molecule has 0 heterocycles. The maximum Gasteiger partial charge on any atom is 0.0331 e. The van der Waals surface area contributed by atoms with E-state index in [0.29, 0.717) is 5.54 Å². The maximum atomic E-state index is 5.98. The Balaban J connectivity index is 2.32. The van der Waals surface area contributed by atoms with Crippen molar-refractivity contribution in [2.75, 3.05) is 39.3 Å². The summed E-state index contributed by atoms with van der Waals surface area (Å²) in [4.78, 5) is 5.13. The van der Waals surface area contributed by atoms with Crippen LogP contribution in [0.25, 0.3) is 0 Å².